The smallest absolute Gasteiger partial charge is 0.280 e. The molecule has 1 N–H and O–H groups in total. The first kappa shape index (κ1) is 15.2. The molecule has 24 heavy (non-hydrogen) atoms. The Morgan fingerprint density at radius 2 is 2.12 bits per heavy atom. The number of amides is 1. The van der Waals surface area contributed by atoms with E-state index in [-0.39, 0.29) is 16.9 Å². The molecule has 126 valence electrons. The Bertz CT molecular complexity index is 915. The number of carbonyl (C=O) groups excluding carboxylic acids is 1. The van der Waals surface area contributed by atoms with Crippen LogP contribution in [0.5, 0.6) is 0 Å². The van der Waals surface area contributed by atoms with Crippen LogP contribution in [0.1, 0.15) is 18.4 Å². The fraction of sp³-hybridized carbons (Fsp3) is 0.375. The summed E-state index contributed by atoms with van der Waals surface area (Å²) in [6.07, 6.45) is 5.60. The largest absolute Gasteiger partial charge is 0.339 e. The second-order valence-corrected chi connectivity index (χ2v) is 7.97. The van der Waals surface area contributed by atoms with E-state index in [9.17, 15) is 13.2 Å². The number of benzene rings is 1. The first-order valence-corrected chi connectivity index (χ1v) is 9.37. The summed E-state index contributed by atoms with van der Waals surface area (Å²) in [5, 5.41) is -0.0311. The molecule has 1 aromatic heterocycles. The minimum atomic E-state index is -3.74. The minimum Gasteiger partial charge on any atom is -0.339 e. The predicted octanol–water partition coefficient (Wildman–Crippen LogP) is 1.52. The Balaban J connectivity index is 1.61. The van der Waals surface area contributed by atoms with Crippen LogP contribution in [0.15, 0.2) is 35.7 Å². The summed E-state index contributed by atoms with van der Waals surface area (Å²) in [6, 6.07) is 5.35. The van der Waals surface area contributed by atoms with Crippen molar-refractivity contribution in [3.8, 4) is 0 Å². The molecular weight excluding hydrogens is 328 g/mol. The molecule has 1 saturated carbocycles. The molecule has 0 bridgehead atoms. The van der Waals surface area contributed by atoms with E-state index in [1.807, 2.05) is 6.07 Å². The van der Waals surface area contributed by atoms with E-state index in [1.54, 1.807) is 28.6 Å². The molecule has 1 fully saturated rings. The summed E-state index contributed by atoms with van der Waals surface area (Å²) in [5.74, 6) is 0.295. The van der Waals surface area contributed by atoms with Crippen molar-refractivity contribution in [1.29, 1.82) is 0 Å². The number of carbonyl (C=O) groups is 1. The number of hydrogen-bond donors (Lipinski definition) is 1. The van der Waals surface area contributed by atoms with Crippen LogP contribution >= 0.6 is 0 Å². The topological polar surface area (TPSA) is 84.3 Å². The molecule has 0 radical (unpaired) electrons. The van der Waals surface area contributed by atoms with Gasteiger partial charge in [0, 0.05) is 31.4 Å². The normalized spacial score (nSPS) is 17.0. The third-order valence-corrected chi connectivity index (χ3v) is 5.65. The molecule has 7 nitrogen and oxygen atoms in total. The third-order valence-electron chi connectivity index (χ3n) is 4.38. The Hall–Kier alpha value is -2.35. The summed E-state index contributed by atoms with van der Waals surface area (Å²) in [5.41, 5.74) is 2.33. The Morgan fingerprint density at radius 3 is 2.79 bits per heavy atom. The van der Waals surface area contributed by atoms with Gasteiger partial charge in [-0.2, -0.15) is 8.42 Å². The van der Waals surface area contributed by atoms with Gasteiger partial charge in [-0.25, -0.2) is 4.98 Å². The zero-order valence-electron chi connectivity index (χ0n) is 13.3. The van der Waals surface area contributed by atoms with E-state index in [0.717, 1.165) is 30.5 Å². The highest BCUT2D eigenvalue weighted by molar-refractivity contribution is 7.92. The number of nitrogens with one attached hydrogen (secondary N) is 1. The van der Waals surface area contributed by atoms with Crippen LogP contribution in [0.3, 0.4) is 0 Å². The fourth-order valence-electron chi connectivity index (χ4n) is 2.96. The molecule has 0 atom stereocenters. The van der Waals surface area contributed by atoms with E-state index in [4.69, 9.17) is 0 Å². The van der Waals surface area contributed by atoms with Gasteiger partial charge in [-0.05, 0) is 37.0 Å². The molecule has 0 saturated heterocycles. The van der Waals surface area contributed by atoms with E-state index >= 15 is 0 Å². The second-order valence-electron chi connectivity index (χ2n) is 6.34. The van der Waals surface area contributed by atoms with Gasteiger partial charge in [-0.1, -0.05) is 6.07 Å². The highest BCUT2D eigenvalue weighted by Crippen LogP contribution is 2.37. The lowest BCUT2D eigenvalue weighted by atomic mass is 10.1. The van der Waals surface area contributed by atoms with E-state index < -0.39 is 10.0 Å². The van der Waals surface area contributed by atoms with Gasteiger partial charge in [0.15, 0.2) is 5.03 Å². The molecular formula is C16H18N4O3S. The summed E-state index contributed by atoms with van der Waals surface area (Å²) in [7, 11) is -2.03. The number of imidazole rings is 1. The number of rotatable bonds is 4. The average Bonchev–Trinajstić information content (AvgIpc) is 3.16. The van der Waals surface area contributed by atoms with E-state index in [1.165, 1.54) is 12.5 Å². The van der Waals surface area contributed by atoms with Crippen LogP contribution in [0.25, 0.3) is 0 Å². The number of fused-ring (bicyclic) bond motifs is 1. The number of hydrogen-bond acceptors (Lipinski definition) is 4. The maximum absolute atomic E-state index is 12.4. The van der Waals surface area contributed by atoms with Crippen LogP contribution < -0.4 is 9.62 Å². The van der Waals surface area contributed by atoms with Gasteiger partial charge in [0.2, 0.25) is 5.91 Å². The first-order valence-electron chi connectivity index (χ1n) is 7.89. The second kappa shape index (κ2) is 5.34. The summed E-state index contributed by atoms with van der Waals surface area (Å²) in [6.45, 7) is 0.668. The highest BCUT2D eigenvalue weighted by Gasteiger charge is 2.36. The lowest BCUT2D eigenvalue weighted by molar-refractivity contribution is -0.119. The molecule has 1 aliphatic heterocycles. The summed E-state index contributed by atoms with van der Waals surface area (Å²) < 4.78 is 28.9. The zero-order chi connectivity index (χ0) is 16.9. The molecule has 0 unspecified atom stereocenters. The van der Waals surface area contributed by atoms with Crippen LogP contribution in [0.4, 0.5) is 11.4 Å². The number of nitrogens with zero attached hydrogens (tertiary/aromatic N) is 3. The van der Waals surface area contributed by atoms with Crippen LogP contribution in [0.2, 0.25) is 0 Å². The maximum Gasteiger partial charge on any atom is 0.280 e. The maximum atomic E-state index is 12.4. The molecule has 8 heteroatoms. The van der Waals surface area contributed by atoms with Gasteiger partial charge in [-0.15, -0.1) is 0 Å². The van der Waals surface area contributed by atoms with Gasteiger partial charge in [0.25, 0.3) is 10.0 Å². The molecule has 4 rings (SSSR count). The van der Waals surface area contributed by atoms with Crippen molar-refractivity contribution in [3.63, 3.8) is 0 Å². The van der Waals surface area contributed by atoms with Crippen molar-refractivity contribution in [1.82, 2.24) is 9.55 Å². The first-order chi connectivity index (χ1) is 11.4. The molecule has 0 spiro atoms. The molecule has 1 aliphatic carbocycles. The Labute approximate surface area is 140 Å². The zero-order valence-corrected chi connectivity index (χ0v) is 14.1. The standard InChI is InChI=1S/C16H18N4O3S/c1-19-9-15(17-10-19)24(22,23)18-13-5-4-11-6-7-20(14(11)8-13)16(21)12-2-3-12/h4-5,8-10,12,18H,2-3,6-7H2,1H3. The molecule has 2 aromatic rings. The van der Waals surface area contributed by atoms with Crippen LogP contribution in [0, 0.1) is 5.92 Å². The molecule has 2 heterocycles. The lowest BCUT2D eigenvalue weighted by Gasteiger charge is -2.18. The van der Waals surface area contributed by atoms with Crippen molar-refractivity contribution >= 4 is 27.3 Å². The Kier molecular flexibility index (Phi) is 3.38. The van der Waals surface area contributed by atoms with Crippen molar-refractivity contribution in [3.05, 3.63) is 36.3 Å². The monoisotopic (exact) mass is 346 g/mol. The van der Waals surface area contributed by atoms with Crippen LogP contribution in [-0.2, 0) is 28.3 Å². The van der Waals surface area contributed by atoms with E-state index in [2.05, 4.69) is 9.71 Å². The summed E-state index contributed by atoms with van der Waals surface area (Å²) >= 11 is 0. The third kappa shape index (κ3) is 2.66. The van der Waals surface area contributed by atoms with Crippen molar-refractivity contribution in [2.24, 2.45) is 13.0 Å². The van der Waals surface area contributed by atoms with Gasteiger partial charge in [-0.3, -0.25) is 9.52 Å². The SMILES string of the molecule is Cn1cnc(S(=O)(=O)Nc2ccc3c(c2)N(C(=O)C2CC2)CC3)c1. The molecule has 2 aliphatic rings. The lowest BCUT2D eigenvalue weighted by Crippen LogP contribution is -2.30. The van der Waals surface area contributed by atoms with Crippen molar-refractivity contribution < 1.29 is 13.2 Å². The quantitative estimate of drug-likeness (QED) is 0.910. The van der Waals surface area contributed by atoms with Crippen molar-refractivity contribution in [2.75, 3.05) is 16.2 Å². The van der Waals surface area contributed by atoms with Gasteiger partial charge < -0.3 is 9.47 Å². The number of sulfonamides is 1. The molecule has 1 amide bonds. The van der Waals surface area contributed by atoms with Gasteiger partial charge >= 0.3 is 0 Å². The highest BCUT2D eigenvalue weighted by atomic mass is 32.2. The van der Waals surface area contributed by atoms with E-state index in [0.29, 0.717) is 12.2 Å². The fourth-order valence-corrected chi connectivity index (χ4v) is 3.99. The predicted molar refractivity (Wildman–Crippen MR) is 89.2 cm³/mol. The van der Waals surface area contributed by atoms with Crippen LogP contribution in [-0.4, -0.2) is 30.4 Å². The average molecular weight is 346 g/mol. The minimum absolute atomic E-state index is 0.0311. The Morgan fingerprint density at radius 1 is 1.33 bits per heavy atom. The van der Waals surface area contributed by atoms with Crippen molar-refractivity contribution in [2.45, 2.75) is 24.3 Å². The van der Waals surface area contributed by atoms with Gasteiger partial charge in [0.1, 0.15) is 0 Å². The molecule has 1 aromatic carbocycles. The number of aromatic nitrogens is 2. The van der Waals surface area contributed by atoms with Gasteiger partial charge in [0.05, 0.1) is 12.0 Å². The number of anilines is 2. The number of aryl methyl sites for hydroxylation is 1. The summed E-state index contributed by atoms with van der Waals surface area (Å²) in [4.78, 5) is 18.0.